The molecule has 152 valence electrons. The molecule has 1 aromatic heterocycles. The van der Waals surface area contributed by atoms with Crippen molar-refractivity contribution in [1.29, 1.82) is 0 Å². The van der Waals surface area contributed by atoms with Gasteiger partial charge in [-0.2, -0.15) is 4.68 Å². The number of halogens is 2. The van der Waals surface area contributed by atoms with E-state index in [1.54, 1.807) is 0 Å². The van der Waals surface area contributed by atoms with Crippen LogP contribution in [0, 0.1) is 5.82 Å². The van der Waals surface area contributed by atoms with Crippen LogP contribution in [0.25, 0.3) is 11.5 Å². The lowest BCUT2D eigenvalue weighted by Gasteiger charge is -2.45. The van der Waals surface area contributed by atoms with Gasteiger partial charge >= 0.3 is 5.76 Å². The highest BCUT2D eigenvalue weighted by atomic mass is 35.5. The van der Waals surface area contributed by atoms with E-state index < -0.39 is 5.76 Å². The lowest BCUT2D eigenvalue weighted by Crippen LogP contribution is -2.54. The molecule has 0 aliphatic carbocycles. The van der Waals surface area contributed by atoms with Crippen LogP contribution >= 0.6 is 11.6 Å². The molecule has 0 unspecified atom stereocenters. The minimum absolute atomic E-state index is 0.156. The first-order valence-electron chi connectivity index (χ1n) is 9.28. The van der Waals surface area contributed by atoms with Crippen molar-refractivity contribution in [3.05, 3.63) is 75.5 Å². The van der Waals surface area contributed by atoms with Crippen LogP contribution in [0.1, 0.15) is 25.5 Å². The number of hydrogen-bond acceptors (Lipinski definition) is 5. The maximum absolute atomic E-state index is 13.1. The first-order valence-corrected chi connectivity index (χ1v) is 9.66. The van der Waals surface area contributed by atoms with Gasteiger partial charge in [0, 0.05) is 28.2 Å². The molecule has 1 atom stereocenters. The van der Waals surface area contributed by atoms with E-state index in [4.69, 9.17) is 20.8 Å². The van der Waals surface area contributed by atoms with Crippen LogP contribution in [0.3, 0.4) is 0 Å². The molecule has 1 aliphatic heterocycles. The minimum atomic E-state index is -0.569. The Morgan fingerprint density at radius 2 is 1.93 bits per heavy atom. The molecule has 29 heavy (non-hydrogen) atoms. The Morgan fingerprint density at radius 1 is 1.21 bits per heavy atom. The topological polar surface area (TPSA) is 60.5 Å². The first kappa shape index (κ1) is 19.8. The molecule has 4 rings (SSSR count). The number of benzene rings is 2. The molecule has 2 heterocycles. The van der Waals surface area contributed by atoms with Crippen molar-refractivity contribution in [3.63, 3.8) is 0 Å². The summed E-state index contributed by atoms with van der Waals surface area (Å²) >= 11 is 6.34. The number of hydrogen-bond donors (Lipinski definition) is 0. The highest BCUT2D eigenvalue weighted by molar-refractivity contribution is 6.31. The molecule has 1 fully saturated rings. The molecule has 0 N–H and O–H groups in total. The maximum atomic E-state index is 13.1. The zero-order chi connectivity index (χ0) is 20.6. The van der Waals surface area contributed by atoms with E-state index in [2.05, 4.69) is 10.00 Å². The van der Waals surface area contributed by atoms with Crippen molar-refractivity contribution in [3.8, 4) is 11.5 Å². The van der Waals surface area contributed by atoms with Gasteiger partial charge in [0.15, 0.2) is 0 Å². The third-order valence-electron chi connectivity index (χ3n) is 5.13. The summed E-state index contributed by atoms with van der Waals surface area (Å²) in [4.78, 5) is 14.5. The highest BCUT2D eigenvalue weighted by Crippen LogP contribution is 2.33. The Morgan fingerprint density at radius 3 is 2.66 bits per heavy atom. The smallest absolute Gasteiger partial charge is 0.388 e. The van der Waals surface area contributed by atoms with Crippen LogP contribution in [0.15, 0.2) is 57.7 Å². The molecule has 1 saturated heterocycles. The second-order valence-electron chi connectivity index (χ2n) is 7.68. The highest BCUT2D eigenvalue weighted by Gasteiger charge is 2.37. The fourth-order valence-electron chi connectivity index (χ4n) is 3.34. The molecule has 0 radical (unpaired) electrons. The van der Waals surface area contributed by atoms with E-state index in [0.717, 1.165) is 5.56 Å². The summed E-state index contributed by atoms with van der Waals surface area (Å²) in [6.07, 6.45) is -0.212. The molecule has 2 aromatic carbocycles. The van der Waals surface area contributed by atoms with E-state index in [1.807, 2.05) is 38.1 Å². The molecule has 8 heteroatoms. The van der Waals surface area contributed by atoms with Gasteiger partial charge in [-0.3, -0.25) is 4.90 Å². The van der Waals surface area contributed by atoms with Crippen LogP contribution < -0.4 is 5.76 Å². The second-order valence-corrected chi connectivity index (χ2v) is 8.08. The quantitative estimate of drug-likeness (QED) is 0.639. The van der Waals surface area contributed by atoms with Crippen LogP contribution in [-0.2, 0) is 11.4 Å². The van der Waals surface area contributed by atoms with Crippen molar-refractivity contribution in [2.75, 3.05) is 13.2 Å². The predicted molar refractivity (Wildman–Crippen MR) is 107 cm³/mol. The van der Waals surface area contributed by atoms with Crippen molar-refractivity contribution < 1.29 is 13.5 Å². The summed E-state index contributed by atoms with van der Waals surface area (Å²) in [6, 6.07) is 13.2. The molecule has 0 saturated carbocycles. The van der Waals surface area contributed by atoms with Crippen molar-refractivity contribution in [1.82, 2.24) is 14.7 Å². The number of ether oxygens (including phenoxy) is 1. The summed E-state index contributed by atoms with van der Waals surface area (Å²) in [6.45, 7) is 5.34. The molecule has 6 nitrogen and oxygen atoms in total. The van der Waals surface area contributed by atoms with Crippen LogP contribution in [0.5, 0.6) is 0 Å². The van der Waals surface area contributed by atoms with Gasteiger partial charge in [0.2, 0.25) is 5.89 Å². The summed E-state index contributed by atoms with van der Waals surface area (Å²) < 4.78 is 25.7. The van der Waals surface area contributed by atoms with Crippen molar-refractivity contribution >= 4 is 11.6 Å². The SMILES string of the molecule is CC1(C)CO[C@@H](c2ccccc2Cl)CN1Cn1nc(-c2ccc(F)cc2)oc1=O. The zero-order valence-electron chi connectivity index (χ0n) is 16.1. The molecular formula is C21H21ClFN3O3. The minimum Gasteiger partial charge on any atom is -0.388 e. The molecule has 3 aromatic rings. The number of rotatable bonds is 4. The average Bonchev–Trinajstić information content (AvgIpc) is 3.05. The largest absolute Gasteiger partial charge is 0.438 e. The third-order valence-corrected chi connectivity index (χ3v) is 5.48. The van der Waals surface area contributed by atoms with Gasteiger partial charge in [0.1, 0.15) is 12.5 Å². The normalized spacial score (nSPS) is 19.4. The van der Waals surface area contributed by atoms with Crippen LogP contribution in [-0.4, -0.2) is 33.4 Å². The van der Waals surface area contributed by atoms with Gasteiger partial charge in [0.25, 0.3) is 0 Å². The third kappa shape index (κ3) is 4.12. The zero-order valence-corrected chi connectivity index (χ0v) is 16.9. The van der Waals surface area contributed by atoms with E-state index >= 15 is 0 Å². The standard InChI is InChI=1S/C21H21ClFN3O3/c1-21(2)12-28-18(16-5-3-4-6-17(16)22)11-25(21)13-26-20(27)29-19(24-26)14-7-9-15(23)10-8-14/h3-10,18H,11-13H2,1-2H3/t18-/m1/s1. The van der Waals surface area contributed by atoms with Crippen LogP contribution in [0.4, 0.5) is 4.39 Å². The Balaban J connectivity index is 1.58. The maximum Gasteiger partial charge on any atom is 0.438 e. The Kier molecular flexibility index (Phi) is 5.29. The van der Waals surface area contributed by atoms with E-state index in [0.29, 0.717) is 23.7 Å². The summed E-state index contributed by atoms with van der Waals surface area (Å²) in [7, 11) is 0. The van der Waals surface area contributed by atoms with Gasteiger partial charge in [-0.25, -0.2) is 9.18 Å². The lowest BCUT2D eigenvalue weighted by atomic mass is 9.99. The van der Waals surface area contributed by atoms with E-state index in [-0.39, 0.29) is 30.0 Å². The monoisotopic (exact) mass is 417 g/mol. The number of nitrogens with zero attached hydrogens (tertiary/aromatic N) is 3. The fourth-order valence-corrected chi connectivity index (χ4v) is 3.59. The van der Waals surface area contributed by atoms with Crippen LogP contribution in [0.2, 0.25) is 5.02 Å². The van der Waals surface area contributed by atoms with Gasteiger partial charge in [-0.15, -0.1) is 5.10 Å². The molecular weight excluding hydrogens is 397 g/mol. The predicted octanol–water partition coefficient (Wildman–Crippen LogP) is 4.11. The van der Waals surface area contributed by atoms with E-state index in [9.17, 15) is 9.18 Å². The summed E-state index contributed by atoms with van der Waals surface area (Å²) in [5.41, 5.74) is 1.14. The molecule has 0 amide bonds. The van der Waals surface area contributed by atoms with Crippen molar-refractivity contribution in [2.45, 2.75) is 32.2 Å². The number of aromatic nitrogens is 2. The van der Waals surface area contributed by atoms with Gasteiger partial charge in [-0.1, -0.05) is 29.8 Å². The summed E-state index contributed by atoms with van der Waals surface area (Å²) in [5.74, 6) is -0.777. The van der Waals surface area contributed by atoms with E-state index in [1.165, 1.54) is 28.9 Å². The van der Waals surface area contributed by atoms with Gasteiger partial charge in [0.05, 0.1) is 12.7 Å². The molecule has 0 spiro atoms. The Labute approximate surface area is 172 Å². The van der Waals surface area contributed by atoms with Gasteiger partial charge in [-0.05, 0) is 44.2 Å². The second kappa shape index (κ2) is 7.74. The molecule has 1 aliphatic rings. The fraction of sp³-hybridized carbons (Fsp3) is 0.333. The summed E-state index contributed by atoms with van der Waals surface area (Å²) in [5, 5.41) is 4.94. The van der Waals surface area contributed by atoms with Crippen molar-refractivity contribution in [2.24, 2.45) is 0 Å². The number of morpholine rings is 1. The molecule has 0 bridgehead atoms. The lowest BCUT2D eigenvalue weighted by molar-refractivity contribution is -0.114. The first-order chi connectivity index (χ1) is 13.8. The van der Waals surface area contributed by atoms with Gasteiger partial charge < -0.3 is 9.15 Å². The Bertz CT molecular complexity index is 1060. The average molecular weight is 418 g/mol. The Hall–Kier alpha value is -2.48.